The van der Waals surface area contributed by atoms with Crippen LogP contribution in [0.3, 0.4) is 0 Å². The van der Waals surface area contributed by atoms with E-state index in [1.807, 2.05) is 13.8 Å². The quantitative estimate of drug-likeness (QED) is 0.209. The molecule has 1 aromatic carbocycles. The van der Waals surface area contributed by atoms with Crippen LogP contribution in [0, 0.1) is 18.7 Å². The molecule has 0 spiro atoms. The first-order valence-corrected chi connectivity index (χ1v) is 15.5. The number of aryl methyl sites for hydroxylation is 1. The minimum Gasteiger partial charge on any atom is -0.496 e. The minimum absolute atomic E-state index is 0.0892. The number of carbonyl (C=O) groups excluding carboxylic acids is 1. The molecule has 0 aliphatic carbocycles. The van der Waals surface area contributed by atoms with Gasteiger partial charge in [0.2, 0.25) is 5.91 Å². The Hall–Kier alpha value is -3.84. The monoisotopic (exact) mass is 628 g/mol. The van der Waals surface area contributed by atoms with Crippen molar-refractivity contribution in [2.45, 2.75) is 72.6 Å². The molecule has 1 aliphatic rings. The van der Waals surface area contributed by atoms with Crippen LogP contribution in [0.2, 0.25) is 0 Å². The number of fused-ring (bicyclic) bond motifs is 1. The number of nitrogens with zero attached hydrogens (tertiary/aromatic N) is 6. The van der Waals surface area contributed by atoms with E-state index in [4.69, 9.17) is 9.47 Å². The van der Waals surface area contributed by atoms with Crippen molar-refractivity contribution in [2.24, 2.45) is 16.1 Å². The van der Waals surface area contributed by atoms with E-state index in [-0.39, 0.29) is 23.8 Å². The Bertz CT molecular complexity index is 1690. The van der Waals surface area contributed by atoms with Gasteiger partial charge in [-0.1, -0.05) is 25.2 Å². The highest BCUT2D eigenvalue weighted by Crippen LogP contribution is 2.38. The number of ether oxygens (including phenoxy) is 2. The molecule has 0 bridgehead atoms. The first-order chi connectivity index (χ1) is 20.9. The van der Waals surface area contributed by atoms with Crippen molar-refractivity contribution in [1.29, 1.82) is 0 Å². The second-order valence-electron chi connectivity index (χ2n) is 11.7. The summed E-state index contributed by atoms with van der Waals surface area (Å²) in [6.45, 7) is 15.6. The van der Waals surface area contributed by atoms with E-state index < -0.39 is 28.7 Å². The molecule has 0 unspecified atom stereocenters. The molecular weight excluding hydrogens is 587 g/mol. The van der Waals surface area contributed by atoms with Crippen LogP contribution in [0.15, 0.2) is 38.0 Å². The molecule has 0 N–H and O–H groups in total. The van der Waals surface area contributed by atoms with Crippen LogP contribution < -0.4 is 21.1 Å². The molecule has 2 aromatic heterocycles. The molecule has 3 heterocycles. The lowest BCUT2D eigenvalue weighted by Crippen LogP contribution is -2.56. The van der Waals surface area contributed by atoms with Gasteiger partial charge in [0.25, 0.3) is 5.56 Å². The standard InChI is InChI=1S/C31H41FN6O5S/c1-9-34-38(33-7)27-20(4)25-26(39)37(31(5,6)29(40)35-14-10-11-15-35)30(41)36(28(25)44-27)17-24(43-18-19(2)3)22-16-21(32)12-13-23(22)42-8/h9,12-13,16,19,24H,7,10-11,14-15,17-18H2,1-6,8H3/b34-9-/t24-/m0/s1. The third-order valence-electron chi connectivity index (χ3n) is 7.72. The number of rotatable bonds is 12. The van der Waals surface area contributed by atoms with Gasteiger partial charge in [-0.25, -0.2) is 13.8 Å². The zero-order chi connectivity index (χ0) is 32.3. The maximum atomic E-state index is 14.6. The van der Waals surface area contributed by atoms with Crippen molar-refractivity contribution in [1.82, 2.24) is 14.0 Å². The molecule has 11 nitrogen and oxygen atoms in total. The van der Waals surface area contributed by atoms with E-state index in [1.54, 1.807) is 32.6 Å². The van der Waals surface area contributed by atoms with Crippen LogP contribution in [0.4, 0.5) is 9.39 Å². The number of hydrogen-bond donors (Lipinski definition) is 0. The molecule has 1 fully saturated rings. The lowest BCUT2D eigenvalue weighted by atomic mass is 10.0. The number of aromatic nitrogens is 2. The second-order valence-corrected chi connectivity index (χ2v) is 12.7. The fourth-order valence-electron chi connectivity index (χ4n) is 5.52. The average Bonchev–Trinajstić information content (AvgIpc) is 3.63. The molecule has 3 aromatic rings. The molecule has 4 rings (SSSR count). The smallest absolute Gasteiger partial charge is 0.333 e. The summed E-state index contributed by atoms with van der Waals surface area (Å²) in [5.41, 5.74) is -1.82. The summed E-state index contributed by atoms with van der Waals surface area (Å²) in [4.78, 5) is 44.6. The molecular formula is C31H41FN6O5S. The van der Waals surface area contributed by atoms with Crippen molar-refractivity contribution in [3.63, 3.8) is 0 Å². The topological polar surface area (TPSA) is 111 Å². The van der Waals surface area contributed by atoms with E-state index >= 15 is 0 Å². The SMILES string of the molecule is C=NN(/N=C\C)c1sc2c(c1C)c(=O)n(C(C)(C)C(=O)N1CCCC1)c(=O)n2C[C@H](OCC(C)C)c1cc(F)ccc1OC. The van der Waals surface area contributed by atoms with E-state index in [0.29, 0.717) is 46.4 Å². The number of anilines is 1. The Balaban J connectivity index is 2.04. The molecule has 1 atom stereocenters. The molecule has 238 valence electrons. The van der Waals surface area contributed by atoms with Crippen LogP contribution in [0.5, 0.6) is 5.75 Å². The maximum Gasteiger partial charge on any atom is 0.333 e. The Morgan fingerprint density at radius 3 is 2.52 bits per heavy atom. The van der Waals surface area contributed by atoms with Gasteiger partial charge in [-0.3, -0.25) is 14.2 Å². The van der Waals surface area contributed by atoms with Gasteiger partial charge in [-0.05, 0) is 64.7 Å². The molecule has 1 amide bonds. The molecule has 0 radical (unpaired) electrons. The van der Waals surface area contributed by atoms with Gasteiger partial charge < -0.3 is 14.4 Å². The van der Waals surface area contributed by atoms with E-state index in [9.17, 15) is 18.8 Å². The lowest BCUT2D eigenvalue weighted by molar-refractivity contribution is -0.138. The van der Waals surface area contributed by atoms with Gasteiger partial charge in [0.15, 0.2) is 0 Å². The summed E-state index contributed by atoms with van der Waals surface area (Å²) in [7, 11) is 1.48. The average molecular weight is 629 g/mol. The summed E-state index contributed by atoms with van der Waals surface area (Å²) in [5.74, 6) is -0.269. The van der Waals surface area contributed by atoms with Crippen molar-refractivity contribution in [3.8, 4) is 5.75 Å². The van der Waals surface area contributed by atoms with Crippen molar-refractivity contribution in [3.05, 3.63) is 56.0 Å². The number of carbonyl (C=O) groups is 1. The molecule has 13 heteroatoms. The summed E-state index contributed by atoms with van der Waals surface area (Å²) in [6, 6.07) is 4.13. The summed E-state index contributed by atoms with van der Waals surface area (Å²) in [5, 5.41) is 10.3. The summed E-state index contributed by atoms with van der Waals surface area (Å²) < 4.78 is 28.9. The zero-order valence-electron chi connectivity index (χ0n) is 26.4. The van der Waals surface area contributed by atoms with Crippen LogP contribution in [-0.4, -0.2) is 59.7 Å². The zero-order valence-corrected chi connectivity index (χ0v) is 27.2. The third-order valence-corrected chi connectivity index (χ3v) is 9.00. The van der Waals surface area contributed by atoms with Crippen LogP contribution in [0.25, 0.3) is 10.2 Å². The van der Waals surface area contributed by atoms with Crippen molar-refractivity contribution < 1.29 is 18.7 Å². The first-order valence-electron chi connectivity index (χ1n) is 14.7. The first kappa shape index (κ1) is 33.1. The summed E-state index contributed by atoms with van der Waals surface area (Å²) >= 11 is 1.15. The molecule has 44 heavy (non-hydrogen) atoms. The summed E-state index contributed by atoms with van der Waals surface area (Å²) in [6.07, 6.45) is 2.42. The van der Waals surface area contributed by atoms with E-state index in [0.717, 1.165) is 28.7 Å². The Morgan fingerprint density at radius 1 is 1.25 bits per heavy atom. The number of hydrogen-bond acceptors (Lipinski definition) is 9. The lowest BCUT2D eigenvalue weighted by Gasteiger charge is -2.31. The number of hydrazone groups is 2. The largest absolute Gasteiger partial charge is 0.496 e. The van der Waals surface area contributed by atoms with Crippen LogP contribution in [0.1, 0.15) is 64.7 Å². The minimum atomic E-state index is -1.49. The van der Waals surface area contributed by atoms with Gasteiger partial charge in [0.05, 0.1) is 19.0 Å². The predicted octanol–water partition coefficient (Wildman–Crippen LogP) is 4.88. The Labute approximate surface area is 260 Å². The molecule has 0 saturated carbocycles. The normalized spacial score (nSPS) is 14.6. The van der Waals surface area contributed by atoms with Crippen molar-refractivity contribution >= 4 is 45.4 Å². The maximum absolute atomic E-state index is 14.6. The van der Waals surface area contributed by atoms with Gasteiger partial charge in [0, 0.05) is 43.8 Å². The molecule has 1 aliphatic heterocycles. The second kappa shape index (κ2) is 13.4. The van der Waals surface area contributed by atoms with Crippen LogP contribution >= 0.6 is 11.3 Å². The van der Waals surface area contributed by atoms with E-state index in [1.165, 1.54) is 41.2 Å². The van der Waals surface area contributed by atoms with E-state index in [2.05, 4.69) is 16.9 Å². The number of thiophene rings is 1. The van der Waals surface area contributed by atoms with Crippen LogP contribution in [-0.2, 0) is 21.6 Å². The fraction of sp³-hybridized carbons (Fsp3) is 0.516. The van der Waals surface area contributed by atoms with Gasteiger partial charge in [0.1, 0.15) is 33.0 Å². The Morgan fingerprint density at radius 2 is 1.93 bits per heavy atom. The fourth-order valence-corrected chi connectivity index (χ4v) is 6.75. The van der Waals surface area contributed by atoms with Gasteiger partial charge in [-0.15, -0.1) is 5.12 Å². The number of amides is 1. The Kier molecular flexibility index (Phi) is 10.1. The third kappa shape index (κ3) is 6.20. The number of likely N-dealkylation sites (tertiary alicyclic amines) is 1. The highest BCUT2D eigenvalue weighted by atomic mass is 32.1. The number of methoxy groups -OCH3 is 1. The number of benzene rings is 1. The van der Waals surface area contributed by atoms with Gasteiger partial charge >= 0.3 is 5.69 Å². The van der Waals surface area contributed by atoms with Crippen molar-refractivity contribution in [2.75, 3.05) is 31.9 Å². The predicted molar refractivity (Wildman–Crippen MR) is 173 cm³/mol. The highest BCUT2D eigenvalue weighted by Gasteiger charge is 2.39. The van der Waals surface area contributed by atoms with Gasteiger partial charge in [-0.2, -0.15) is 10.2 Å². The number of halogens is 1. The molecule has 1 saturated heterocycles. The highest BCUT2D eigenvalue weighted by molar-refractivity contribution is 7.22.